The van der Waals surface area contributed by atoms with Gasteiger partial charge in [0.1, 0.15) is 29.4 Å². The molecule has 0 aliphatic carbocycles. The highest BCUT2D eigenvalue weighted by atomic mass is 19.4. The standard InChI is InChI=1S/C20H19F3O3/c1-4-16-8-14-9-17(26-20(21,22)23)10-15(19(14)25-16)11-24-18-7-5-6-12(2)13(18)3/h5-10H,4,11H2,1-3H3. The molecule has 0 aliphatic rings. The highest BCUT2D eigenvalue weighted by molar-refractivity contribution is 5.83. The molecule has 0 N–H and O–H groups in total. The van der Waals surface area contributed by atoms with Crippen LogP contribution in [-0.4, -0.2) is 6.36 Å². The van der Waals surface area contributed by atoms with E-state index in [0.717, 1.165) is 11.1 Å². The molecule has 0 spiro atoms. The van der Waals surface area contributed by atoms with E-state index in [2.05, 4.69) is 4.74 Å². The van der Waals surface area contributed by atoms with Crippen LogP contribution in [0.2, 0.25) is 0 Å². The van der Waals surface area contributed by atoms with Gasteiger partial charge in [0.25, 0.3) is 0 Å². The number of halogens is 3. The minimum atomic E-state index is -4.75. The summed E-state index contributed by atoms with van der Waals surface area (Å²) in [6, 6.07) is 10.0. The molecular weight excluding hydrogens is 345 g/mol. The molecule has 6 heteroatoms. The Kier molecular flexibility index (Phi) is 4.85. The van der Waals surface area contributed by atoms with Crippen molar-refractivity contribution in [3.8, 4) is 11.5 Å². The Morgan fingerprint density at radius 2 is 1.85 bits per heavy atom. The van der Waals surface area contributed by atoms with E-state index < -0.39 is 6.36 Å². The van der Waals surface area contributed by atoms with Crippen molar-refractivity contribution < 1.29 is 27.1 Å². The lowest BCUT2D eigenvalue weighted by Crippen LogP contribution is -2.17. The van der Waals surface area contributed by atoms with Crippen LogP contribution in [0.4, 0.5) is 13.2 Å². The van der Waals surface area contributed by atoms with Gasteiger partial charge in [-0.3, -0.25) is 0 Å². The Hall–Kier alpha value is -2.63. The topological polar surface area (TPSA) is 31.6 Å². The Morgan fingerprint density at radius 1 is 1.08 bits per heavy atom. The van der Waals surface area contributed by atoms with Gasteiger partial charge in [0, 0.05) is 17.4 Å². The summed E-state index contributed by atoms with van der Waals surface area (Å²) in [7, 11) is 0. The fourth-order valence-electron chi connectivity index (χ4n) is 2.76. The molecule has 26 heavy (non-hydrogen) atoms. The van der Waals surface area contributed by atoms with Gasteiger partial charge in [-0.1, -0.05) is 19.1 Å². The lowest BCUT2D eigenvalue weighted by molar-refractivity contribution is -0.274. The van der Waals surface area contributed by atoms with Crippen LogP contribution in [0.15, 0.2) is 40.8 Å². The van der Waals surface area contributed by atoms with Gasteiger partial charge in [-0.2, -0.15) is 0 Å². The summed E-state index contributed by atoms with van der Waals surface area (Å²) >= 11 is 0. The molecule has 0 atom stereocenters. The molecule has 0 bridgehead atoms. The first-order valence-corrected chi connectivity index (χ1v) is 8.27. The van der Waals surface area contributed by atoms with Gasteiger partial charge in [0.15, 0.2) is 0 Å². The largest absolute Gasteiger partial charge is 0.573 e. The predicted octanol–water partition coefficient (Wildman–Crippen LogP) is 6.09. The van der Waals surface area contributed by atoms with Gasteiger partial charge in [0.2, 0.25) is 0 Å². The van der Waals surface area contributed by atoms with Crippen molar-refractivity contribution in [2.75, 3.05) is 0 Å². The van der Waals surface area contributed by atoms with E-state index in [-0.39, 0.29) is 12.4 Å². The highest BCUT2D eigenvalue weighted by Crippen LogP contribution is 2.33. The number of aryl methyl sites for hydroxylation is 2. The zero-order valence-corrected chi connectivity index (χ0v) is 14.7. The number of hydrogen-bond acceptors (Lipinski definition) is 3. The molecule has 138 valence electrons. The molecule has 3 nitrogen and oxygen atoms in total. The van der Waals surface area contributed by atoms with Gasteiger partial charge in [0.05, 0.1) is 0 Å². The van der Waals surface area contributed by atoms with Gasteiger partial charge in [-0.25, -0.2) is 0 Å². The predicted molar refractivity (Wildman–Crippen MR) is 92.5 cm³/mol. The second kappa shape index (κ2) is 6.94. The molecule has 0 radical (unpaired) electrons. The van der Waals surface area contributed by atoms with Crippen molar-refractivity contribution in [2.24, 2.45) is 0 Å². The maximum absolute atomic E-state index is 12.6. The summed E-state index contributed by atoms with van der Waals surface area (Å²) in [5, 5.41) is 0.558. The van der Waals surface area contributed by atoms with Crippen LogP contribution in [0.5, 0.6) is 11.5 Å². The summed E-state index contributed by atoms with van der Waals surface area (Å²) in [5.41, 5.74) is 3.08. The minimum absolute atomic E-state index is 0.0759. The molecular formula is C20H19F3O3. The summed E-state index contributed by atoms with van der Waals surface area (Å²) in [6.07, 6.45) is -4.11. The molecule has 0 unspecified atom stereocenters. The SMILES string of the molecule is CCc1cc2cc(OC(F)(F)F)cc(COc3cccc(C)c3C)c2o1. The van der Waals surface area contributed by atoms with E-state index >= 15 is 0 Å². The van der Waals surface area contributed by atoms with Crippen LogP contribution >= 0.6 is 0 Å². The van der Waals surface area contributed by atoms with E-state index in [1.165, 1.54) is 12.1 Å². The molecule has 0 fully saturated rings. The third-order valence-corrected chi connectivity index (χ3v) is 4.24. The van der Waals surface area contributed by atoms with Crippen molar-refractivity contribution in [3.63, 3.8) is 0 Å². The highest BCUT2D eigenvalue weighted by Gasteiger charge is 2.31. The first-order chi connectivity index (χ1) is 12.3. The van der Waals surface area contributed by atoms with Crippen molar-refractivity contribution in [1.29, 1.82) is 0 Å². The molecule has 0 aliphatic heterocycles. The van der Waals surface area contributed by atoms with Crippen LogP contribution in [-0.2, 0) is 13.0 Å². The van der Waals surface area contributed by atoms with E-state index in [9.17, 15) is 13.2 Å². The number of furan rings is 1. The lowest BCUT2D eigenvalue weighted by atomic mass is 10.1. The van der Waals surface area contributed by atoms with E-state index in [0.29, 0.717) is 34.5 Å². The Labute approximate surface area is 149 Å². The van der Waals surface area contributed by atoms with Crippen LogP contribution in [0.25, 0.3) is 11.0 Å². The summed E-state index contributed by atoms with van der Waals surface area (Å²) < 4.78 is 53.5. The number of rotatable bonds is 5. The molecule has 1 aromatic heterocycles. The minimum Gasteiger partial charge on any atom is -0.488 e. The number of ether oxygens (including phenoxy) is 2. The molecule has 2 aromatic carbocycles. The summed E-state index contributed by atoms with van der Waals surface area (Å²) in [6.45, 7) is 5.90. The molecule has 3 rings (SSSR count). The zero-order valence-electron chi connectivity index (χ0n) is 14.7. The van der Waals surface area contributed by atoms with Crippen LogP contribution in [0.3, 0.4) is 0 Å². The summed E-state index contributed by atoms with van der Waals surface area (Å²) in [4.78, 5) is 0. The maximum Gasteiger partial charge on any atom is 0.573 e. The van der Waals surface area contributed by atoms with Crippen molar-refractivity contribution in [3.05, 3.63) is 58.8 Å². The van der Waals surface area contributed by atoms with Gasteiger partial charge in [-0.15, -0.1) is 13.2 Å². The van der Waals surface area contributed by atoms with Crippen molar-refractivity contribution >= 4 is 11.0 Å². The van der Waals surface area contributed by atoms with Gasteiger partial charge in [-0.05, 0) is 49.2 Å². The van der Waals surface area contributed by atoms with Crippen LogP contribution in [0.1, 0.15) is 29.4 Å². The smallest absolute Gasteiger partial charge is 0.488 e. The Bertz CT molecular complexity index is 926. The average molecular weight is 364 g/mol. The van der Waals surface area contributed by atoms with E-state index in [1.807, 2.05) is 39.0 Å². The van der Waals surface area contributed by atoms with Crippen LogP contribution in [0, 0.1) is 13.8 Å². The maximum atomic E-state index is 12.6. The Balaban J connectivity index is 1.96. The number of hydrogen-bond donors (Lipinski definition) is 0. The molecule has 1 heterocycles. The van der Waals surface area contributed by atoms with Crippen molar-refractivity contribution in [1.82, 2.24) is 0 Å². The normalized spacial score (nSPS) is 11.8. The third-order valence-electron chi connectivity index (χ3n) is 4.24. The van der Waals surface area contributed by atoms with Crippen molar-refractivity contribution in [2.45, 2.75) is 40.2 Å². The first kappa shape index (κ1) is 18.2. The second-order valence-electron chi connectivity index (χ2n) is 6.10. The quantitative estimate of drug-likeness (QED) is 0.549. The van der Waals surface area contributed by atoms with E-state index in [4.69, 9.17) is 9.15 Å². The number of fused-ring (bicyclic) bond motifs is 1. The fourth-order valence-corrected chi connectivity index (χ4v) is 2.76. The van der Waals surface area contributed by atoms with Gasteiger partial charge >= 0.3 is 6.36 Å². The van der Waals surface area contributed by atoms with Gasteiger partial charge < -0.3 is 13.9 Å². The van der Waals surface area contributed by atoms with Crippen LogP contribution < -0.4 is 9.47 Å². The molecule has 0 saturated heterocycles. The lowest BCUT2D eigenvalue weighted by Gasteiger charge is -2.13. The zero-order chi connectivity index (χ0) is 18.9. The van der Waals surface area contributed by atoms with E-state index in [1.54, 1.807) is 6.07 Å². The summed E-state index contributed by atoms with van der Waals surface area (Å²) in [5.74, 6) is 1.09. The number of alkyl halides is 3. The fraction of sp³-hybridized carbons (Fsp3) is 0.300. The molecule has 3 aromatic rings. The molecule has 0 amide bonds. The third kappa shape index (κ3) is 3.95. The average Bonchev–Trinajstić information content (AvgIpc) is 2.97. The second-order valence-corrected chi connectivity index (χ2v) is 6.10. The Morgan fingerprint density at radius 3 is 2.54 bits per heavy atom. The first-order valence-electron chi connectivity index (χ1n) is 8.27. The molecule has 0 saturated carbocycles. The number of benzene rings is 2. The monoisotopic (exact) mass is 364 g/mol.